The summed E-state index contributed by atoms with van der Waals surface area (Å²) in [5.41, 5.74) is 3.59. The number of hydrogen-bond acceptors (Lipinski definition) is 6. The standard InChI is InChI=1S/C28H19N5O3/c34-27(21-14-8-3-9-15-21)22-16-17-23(24(18-22)33(35)36)31-32-28-29-25(19-10-4-1-5-11-19)26(30-28)20-12-6-2-7-13-20/h1-18H,(H,29,30). The van der Waals surface area contributed by atoms with Gasteiger partial charge in [-0.3, -0.25) is 14.9 Å². The predicted molar refractivity (Wildman–Crippen MR) is 137 cm³/mol. The summed E-state index contributed by atoms with van der Waals surface area (Å²) in [5.74, 6) is -0.111. The highest BCUT2D eigenvalue weighted by molar-refractivity contribution is 6.09. The largest absolute Gasteiger partial charge is 0.320 e. The van der Waals surface area contributed by atoms with Gasteiger partial charge in [0.15, 0.2) is 11.5 Å². The van der Waals surface area contributed by atoms with Crippen molar-refractivity contribution < 1.29 is 9.72 Å². The third-order valence-corrected chi connectivity index (χ3v) is 5.52. The molecule has 0 radical (unpaired) electrons. The van der Waals surface area contributed by atoms with Gasteiger partial charge >= 0.3 is 0 Å². The Labute approximate surface area is 206 Å². The van der Waals surface area contributed by atoms with Crippen LogP contribution in [0.25, 0.3) is 22.5 Å². The van der Waals surface area contributed by atoms with Crippen LogP contribution in [-0.2, 0) is 0 Å². The first-order valence-electron chi connectivity index (χ1n) is 11.1. The second kappa shape index (κ2) is 9.94. The zero-order valence-corrected chi connectivity index (χ0v) is 18.9. The van der Waals surface area contributed by atoms with Gasteiger partial charge < -0.3 is 4.98 Å². The van der Waals surface area contributed by atoms with Gasteiger partial charge in [-0.2, -0.15) is 0 Å². The molecule has 0 saturated heterocycles. The van der Waals surface area contributed by atoms with E-state index < -0.39 is 4.92 Å². The smallest absolute Gasteiger partial charge is 0.297 e. The zero-order valence-electron chi connectivity index (χ0n) is 18.9. The highest BCUT2D eigenvalue weighted by Crippen LogP contribution is 2.34. The van der Waals surface area contributed by atoms with E-state index in [4.69, 9.17) is 0 Å². The van der Waals surface area contributed by atoms with E-state index in [0.717, 1.165) is 16.8 Å². The Bertz CT molecular complexity index is 1510. The molecule has 8 nitrogen and oxygen atoms in total. The number of aromatic nitrogens is 2. The maximum atomic E-state index is 12.7. The SMILES string of the molecule is O=C(c1ccccc1)c1ccc(N=Nc2nc(-c3ccccc3)c(-c3ccccc3)[nH]2)c([N+](=O)[O-])c1. The van der Waals surface area contributed by atoms with Crippen LogP contribution < -0.4 is 0 Å². The first kappa shape index (κ1) is 22.5. The lowest BCUT2D eigenvalue weighted by Gasteiger charge is -2.02. The fourth-order valence-corrected chi connectivity index (χ4v) is 3.78. The van der Waals surface area contributed by atoms with Gasteiger partial charge in [0.05, 0.1) is 16.3 Å². The average Bonchev–Trinajstić information content (AvgIpc) is 3.37. The molecule has 0 atom stereocenters. The second-order valence-electron chi connectivity index (χ2n) is 7.87. The summed E-state index contributed by atoms with van der Waals surface area (Å²) in [4.78, 5) is 31.7. The van der Waals surface area contributed by atoms with E-state index in [-0.39, 0.29) is 28.7 Å². The number of azo groups is 1. The van der Waals surface area contributed by atoms with Crippen molar-refractivity contribution in [3.63, 3.8) is 0 Å². The van der Waals surface area contributed by atoms with Gasteiger partial charge in [0.2, 0.25) is 5.95 Å². The molecule has 36 heavy (non-hydrogen) atoms. The van der Waals surface area contributed by atoms with Gasteiger partial charge in [0.1, 0.15) is 0 Å². The first-order valence-corrected chi connectivity index (χ1v) is 11.1. The summed E-state index contributed by atoms with van der Waals surface area (Å²) in [6.45, 7) is 0. The molecule has 0 aliphatic carbocycles. The number of H-pyrrole nitrogens is 1. The number of rotatable bonds is 7. The van der Waals surface area contributed by atoms with Gasteiger partial charge in [-0.15, -0.1) is 10.2 Å². The summed E-state index contributed by atoms with van der Waals surface area (Å²) in [6, 6.07) is 32.0. The molecule has 8 heteroatoms. The van der Waals surface area contributed by atoms with Gasteiger partial charge in [-0.1, -0.05) is 91.0 Å². The minimum Gasteiger partial charge on any atom is -0.320 e. The van der Waals surface area contributed by atoms with Gasteiger partial charge in [0.25, 0.3) is 5.69 Å². The van der Waals surface area contributed by atoms with Gasteiger partial charge in [-0.25, -0.2) is 4.98 Å². The number of benzene rings is 4. The van der Waals surface area contributed by atoms with Crippen LogP contribution in [0.1, 0.15) is 15.9 Å². The maximum Gasteiger partial charge on any atom is 0.297 e. The molecular weight excluding hydrogens is 454 g/mol. The predicted octanol–water partition coefficient (Wildman–Crippen LogP) is 7.30. The third kappa shape index (κ3) is 4.69. The monoisotopic (exact) mass is 473 g/mol. The van der Waals surface area contributed by atoms with Crippen LogP contribution in [-0.4, -0.2) is 20.7 Å². The number of carbonyl (C=O) groups excluding carboxylic acids is 1. The van der Waals surface area contributed by atoms with Crippen LogP contribution in [0.2, 0.25) is 0 Å². The number of aromatic amines is 1. The Hall–Kier alpha value is -5.24. The van der Waals surface area contributed by atoms with Crippen molar-refractivity contribution in [1.82, 2.24) is 9.97 Å². The Kier molecular flexibility index (Phi) is 6.23. The minimum atomic E-state index is -0.580. The molecule has 1 heterocycles. The highest BCUT2D eigenvalue weighted by atomic mass is 16.6. The molecule has 0 unspecified atom stereocenters. The molecule has 1 N–H and O–H groups in total. The summed E-state index contributed by atoms with van der Waals surface area (Å²) in [5, 5.41) is 20.0. The number of hydrogen-bond donors (Lipinski definition) is 1. The third-order valence-electron chi connectivity index (χ3n) is 5.52. The van der Waals surface area contributed by atoms with Crippen molar-refractivity contribution in [2.75, 3.05) is 0 Å². The molecular formula is C28H19N5O3. The maximum absolute atomic E-state index is 12.7. The molecule has 5 rings (SSSR count). The van der Waals surface area contributed by atoms with Crippen LogP contribution >= 0.6 is 0 Å². The number of ketones is 1. The van der Waals surface area contributed by atoms with E-state index in [1.807, 2.05) is 60.7 Å². The fourth-order valence-electron chi connectivity index (χ4n) is 3.78. The van der Waals surface area contributed by atoms with E-state index in [1.54, 1.807) is 30.3 Å². The van der Waals surface area contributed by atoms with E-state index >= 15 is 0 Å². The fraction of sp³-hybridized carbons (Fsp3) is 0. The average molecular weight is 473 g/mol. The molecule has 4 aromatic carbocycles. The quantitative estimate of drug-likeness (QED) is 0.116. The molecule has 1 aromatic heterocycles. The first-order chi connectivity index (χ1) is 17.6. The highest BCUT2D eigenvalue weighted by Gasteiger charge is 2.19. The Balaban J connectivity index is 1.51. The zero-order chi connectivity index (χ0) is 24.9. The Morgan fingerprint density at radius 3 is 2.00 bits per heavy atom. The van der Waals surface area contributed by atoms with Crippen molar-refractivity contribution in [2.24, 2.45) is 10.2 Å². The molecule has 0 spiro atoms. The number of nitro benzene ring substituents is 1. The molecule has 0 aliphatic heterocycles. The summed E-state index contributed by atoms with van der Waals surface area (Å²) in [6.07, 6.45) is 0. The molecule has 174 valence electrons. The summed E-state index contributed by atoms with van der Waals surface area (Å²) < 4.78 is 0. The molecule has 0 bridgehead atoms. The van der Waals surface area contributed by atoms with Crippen molar-refractivity contribution in [1.29, 1.82) is 0 Å². The molecule has 5 aromatic rings. The van der Waals surface area contributed by atoms with Gasteiger partial charge in [-0.05, 0) is 12.1 Å². The number of nitrogens with zero attached hydrogens (tertiary/aromatic N) is 4. The van der Waals surface area contributed by atoms with Crippen molar-refractivity contribution >= 4 is 23.1 Å². The van der Waals surface area contributed by atoms with E-state index in [2.05, 4.69) is 20.2 Å². The van der Waals surface area contributed by atoms with Crippen LogP contribution in [0.5, 0.6) is 0 Å². The molecule has 0 fully saturated rings. The molecule has 0 saturated carbocycles. The number of nitrogens with one attached hydrogen (secondary N) is 1. The Morgan fingerprint density at radius 1 is 0.750 bits per heavy atom. The van der Waals surface area contributed by atoms with Crippen molar-refractivity contribution in [3.05, 3.63) is 130 Å². The van der Waals surface area contributed by atoms with Crippen LogP contribution in [0.15, 0.2) is 119 Å². The van der Waals surface area contributed by atoms with Crippen molar-refractivity contribution in [2.45, 2.75) is 0 Å². The van der Waals surface area contributed by atoms with Crippen molar-refractivity contribution in [3.8, 4) is 22.5 Å². The normalized spacial score (nSPS) is 11.0. The van der Waals surface area contributed by atoms with Crippen LogP contribution in [0.4, 0.5) is 17.3 Å². The lowest BCUT2D eigenvalue weighted by Crippen LogP contribution is -2.02. The molecule has 0 aliphatic rings. The lowest BCUT2D eigenvalue weighted by molar-refractivity contribution is -0.384. The Morgan fingerprint density at radius 2 is 1.36 bits per heavy atom. The minimum absolute atomic E-state index is 0.0172. The summed E-state index contributed by atoms with van der Waals surface area (Å²) >= 11 is 0. The number of carbonyl (C=O) groups is 1. The second-order valence-corrected chi connectivity index (χ2v) is 7.87. The van der Waals surface area contributed by atoms with Gasteiger partial charge in [0, 0.05) is 28.3 Å². The van der Waals surface area contributed by atoms with Crippen LogP contribution in [0.3, 0.4) is 0 Å². The number of nitro groups is 1. The topological polar surface area (TPSA) is 114 Å². The molecule has 0 amide bonds. The summed E-state index contributed by atoms with van der Waals surface area (Å²) in [7, 11) is 0. The lowest BCUT2D eigenvalue weighted by atomic mass is 10.0. The van der Waals surface area contributed by atoms with E-state index in [1.165, 1.54) is 18.2 Å². The van der Waals surface area contributed by atoms with Crippen LogP contribution in [0, 0.1) is 10.1 Å². The van der Waals surface area contributed by atoms with E-state index in [0.29, 0.717) is 11.3 Å². The number of imidazole rings is 1. The van der Waals surface area contributed by atoms with E-state index in [9.17, 15) is 14.9 Å².